The zero-order valence-corrected chi connectivity index (χ0v) is 23.1. The SMILES string of the molecule is CCOc1cccc2sc(N(CCn3cccn3)C(=O)C3CCCN(S(=O)(=O)c4ccc(C)cc4)C3)nc12. The molecule has 4 aromatic rings. The predicted octanol–water partition coefficient (Wildman–Crippen LogP) is 4.33. The lowest BCUT2D eigenvalue weighted by molar-refractivity contribution is -0.123. The highest BCUT2D eigenvalue weighted by Crippen LogP contribution is 2.35. The summed E-state index contributed by atoms with van der Waals surface area (Å²) in [5, 5.41) is 4.85. The van der Waals surface area contributed by atoms with Crippen molar-refractivity contribution in [2.75, 3.05) is 31.1 Å². The molecule has 0 aliphatic carbocycles. The summed E-state index contributed by atoms with van der Waals surface area (Å²) in [5.74, 6) is 0.0814. The van der Waals surface area contributed by atoms with E-state index in [1.54, 1.807) is 40.0 Å². The van der Waals surface area contributed by atoms with E-state index in [1.165, 1.54) is 15.6 Å². The molecule has 1 unspecified atom stereocenters. The van der Waals surface area contributed by atoms with Crippen LogP contribution in [0.25, 0.3) is 10.2 Å². The van der Waals surface area contributed by atoms with E-state index in [9.17, 15) is 13.2 Å². The summed E-state index contributed by atoms with van der Waals surface area (Å²) in [5.41, 5.74) is 1.71. The number of thiazole rings is 1. The molecule has 0 bridgehead atoms. The first-order chi connectivity index (χ1) is 18.4. The average Bonchev–Trinajstić information content (AvgIpc) is 3.60. The molecule has 1 amide bonds. The second kappa shape index (κ2) is 11.2. The quantitative estimate of drug-likeness (QED) is 0.306. The van der Waals surface area contributed by atoms with Crippen LogP contribution in [0, 0.1) is 12.8 Å². The van der Waals surface area contributed by atoms with Crippen molar-refractivity contribution in [3.8, 4) is 5.75 Å². The summed E-state index contributed by atoms with van der Waals surface area (Å²) >= 11 is 1.43. The van der Waals surface area contributed by atoms with Crippen LogP contribution in [0.4, 0.5) is 5.13 Å². The highest BCUT2D eigenvalue weighted by Gasteiger charge is 2.36. The van der Waals surface area contributed by atoms with Gasteiger partial charge in [0.1, 0.15) is 11.3 Å². The third-order valence-electron chi connectivity index (χ3n) is 6.67. The second-order valence-corrected chi connectivity index (χ2v) is 12.3. The minimum Gasteiger partial charge on any atom is -0.492 e. The number of hydrogen-bond acceptors (Lipinski definition) is 7. The molecule has 1 aliphatic heterocycles. The molecule has 3 heterocycles. The number of hydrogen-bond donors (Lipinski definition) is 0. The average molecular weight is 554 g/mol. The molecular weight excluding hydrogens is 522 g/mol. The van der Waals surface area contributed by atoms with Crippen molar-refractivity contribution in [1.29, 1.82) is 0 Å². The van der Waals surface area contributed by atoms with Crippen molar-refractivity contribution >= 4 is 42.6 Å². The molecule has 11 heteroatoms. The van der Waals surface area contributed by atoms with E-state index < -0.39 is 15.9 Å². The maximum atomic E-state index is 14.0. The van der Waals surface area contributed by atoms with Gasteiger partial charge in [-0.15, -0.1) is 0 Å². The van der Waals surface area contributed by atoms with Gasteiger partial charge in [-0.2, -0.15) is 9.40 Å². The third kappa shape index (κ3) is 5.45. The summed E-state index contributed by atoms with van der Waals surface area (Å²) < 4.78 is 36.6. The number of carbonyl (C=O) groups is 1. The highest BCUT2D eigenvalue weighted by molar-refractivity contribution is 7.89. The number of anilines is 1. The van der Waals surface area contributed by atoms with E-state index in [1.807, 2.05) is 44.3 Å². The van der Waals surface area contributed by atoms with Gasteiger partial charge >= 0.3 is 0 Å². The first kappa shape index (κ1) is 26.3. The number of sulfonamides is 1. The smallest absolute Gasteiger partial charge is 0.243 e. The van der Waals surface area contributed by atoms with Gasteiger partial charge in [-0.05, 0) is 57.0 Å². The van der Waals surface area contributed by atoms with Crippen LogP contribution < -0.4 is 9.64 Å². The fraction of sp³-hybridized carbons (Fsp3) is 0.370. The Bertz CT molecular complexity index is 1500. The van der Waals surface area contributed by atoms with Crippen LogP contribution in [-0.4, -0.2) is 59.6 Å². The number of rotatable bonds is 9. The number of nitrogens with zero attached hydrogens (tertiary/aromatic N) is 5. The number of piperidine rings is 1. The van der Waals surface area contributed by atoms with Gasteiger partial charge < -0.3 is 4.74 Å². The summed E-state index contributed by atoms with van der Waals surface area (Å²) in [6.07, 6.45) is 4.78. The van der Waals surface area contributed by atoms with E-state index in [2.05, 4.69) is 5.10 Å². The van der Waals surface area contributed by atoms with Gasteiger partial charge in [-0.1, -0.05) is 35.1 Å². The van der Waals surface area contributed by atoms with E-state index in [-0.39, 0.29) is 17.3 Å². The second-order valence-electron chi connectivity index (χ2n) is 9.31. The monoisotopic (exact) mass is 553 g/mol. The van der Waals surface area contributed by atoms with Crippen molar-refractivity contribution in [3.63, 3.8) is 0 Å². The molecule has 2 aromatic heterocycles. The van der Waals surface area contributed by atoms with Crippen LogP contribution in [0.15, 0.2) is 65.8 Å². The Morgan fingerprint density at radius 2 is 2.00 bits per heavy atom. The molecule has 0 radical (unpaired) electrons. The van der Waals surface area contributed by atoms with Crippen molar-refractivity contribution in [2.45, 2.75) is 38.1 Å². The van der Waals surface area contributed by atoms with Crippen molar-refractivity contribution in [1.82, 2.24) is 19.1 Å². The molecule has 0 spiro atoms. The zero-order chi connectivity index (χ0) is 26.7. The number of aryl methyl sites for hydroxylation is 1. The minimum absolute atomic E-state index is 0.127. The summed E-state index contributed by atoms with van der Waals surface area (Å²) in [7, 11) is -3.70. The number of fused-ring (bicyclic) bond motifs is 1. The summed E-state index contributed by atoms with van der Waals surface area (Å²) in [6, 6.07) is 14.4. The molecule has 9 nitrogen and oxygen atoms in total. The number of aromatic nitrogens is 3. The predicted molar refractivity (Wildman–Crippen MR) is 148 cm³/mol. The van der Waals surface area contributed by atoms with Crippen LogP contribution >= 0.6 is 11.3 Å². The normalized spacial score (nSPS) is 16.5. The van der Waals surface area contributed by atoms with E-state index in [4.69, 9.17) is 9.72 Å². The largest absolute Gasteiger partial charge is 0.492 e. The maximum Gasteiger partial charge on any atom is 0.243 e. The molecule has 0 N–H and O–H groups in total. The lowest BCUT2D eigenvalue weighted by Gasteiger charge is -2.33. The van der Waals surface area contributed by atoms with Gasteiger partial charge in [0.2, 0.25) is 15.9 Å². The van der Waals surface area contributed by atoms with E-state index >= 15 is 0 Å². The molecule has 38 heavy (non-hydrogen) atoms. The first-order valence-corrected chi connectivity index (χ1v) is 15.0. The molecule has 1 atom stereocenters. The van der Waals surface area contributed by atoms with Gasteiger partial charge in [0.25, 0.3) is 0 Å². The van der Waals surface area contributed by atoms with E-state index in [0.717, 1.165) is 15.8 Å². The van der Waals surface area contributed by atoms with Crippen molar-refractivity contribution < 1.29 is 17.9 Å². The Morgan fingerprint density at radius 3 is 2.74 bits per heavy atom. The highest BCUT2D eigenvalue weighted by atomic mass is 32.2. The summed E-state index contributed by atoms with van der Waals surface area (Å²) in [4.78, 5) is 20.8. The number of carbonyl (C=O) groups excluding carboxylic acids is 1. The third-order valence-corrected chi connectivity index (χ3v) is 9.59. The Hall–Kier alpha value is -3.28. The van der Waals surface area contributed by atoms with Crippen LogP contribution in [0.5, 0.6) is 5.75 Å². The van der Waals surface area contributed by atoms with Gasteiger partial charge in [0, 0.05) is 32.0 Å². The fourth-order valence-corrected chi connectivity index (χ4v) is 7.21. The molecule has 1 fully saturated rings. The number of benzene rings is 2. The molecule has 1 saturated heterocycles. The number of para-hydroxylation sites is 1. The molecule has 0 saturated carbocycles. The fourth-order valence-electron chi connectivity index (χ4n) is 4.68. The molecule has 2 aromatic carbocycles. The Kier molecular flexibility index (Phi) is 7.78. The van der Waals surface area contributed by atoms with Crippen LogP contribution in [0.2, 0.25) is 0 Å². The van der Waals surface area contributed by atoms with Gasteiger partial charge in [-0.25, -0.2) is 13.4 Å². The minimum atomic E-state index is -3.70. The van der Waals surface area contributed by atoms with Crippen LogP contribution in [0.3, 0.4) is 0 Å². The zero-order valence-electron chi connectivity index (χ0n) is 21.5. The Labute approximate surface area is 226 Å². The van der Waals surface area contributed by atoms with Gasteiger partial charge in [-0.3, -0.25) is 14.4 Å². The number of amides is 1. The van der Waals surface area contributed by atoms with E-state index in [0.29, 0.717) is 50.0 Å². The molecular formula is C27H31N5O4S2. The maximum absolute atomic E-state index is 14.0. The van der Waals surface area contributed by atoms with Crippen LogP contribution in [-0.2, 0) is 21.4 Å². The molecule has 200 valence electrons. The topological polar surface area (TPSA) is 97.6 Å². The Morgan fingerprint density at radius 1 is 1.18 bits per heavy atom. The lowest BCUT2D eigenvalue weighted by Crippen LogP contribution is -2.47. The number of ether oxygens (including phenoxy) is 1. The molecule has 1 aliphatic rings. The summed E-state index contributed by atoms with van der Waals surface area (Å²) in [6.45, 7) is 5.75. The van der Waals surface area contributed by atoms with Gasteiger partial charge in [0.05, 0.1) is 28.7 Å². The van der Waals surface area contributed by atoms with Crippen molar-refractivity contribution in [2.24, 2.45) is 5.92 Å². The standard InChI is InChI=1S/C27H31N5O4S2/c1-3-36-23-8-4-9-24-25(23)29-27(37-24)32(18-17-30-15-6-14-28-30)26(33)21-7-5-16-31(19-21)38(34,35)22-12-10-20(2)11-13-22/h4,6,8-15,21H,3,5,7,16-19H2,1-2H3. The van der Waals surface area contributed by atoms with Gasteiger partial charge in [0.15, 0.2) is 5.13 Å². The van der Waals surface area contributed by atoms with Crippen molar-refractivity contribution in [3.05, 3.63) is 66.5 Å². The lowest BCUT2D eigenvalue weighted by atomic mass is 9.98. The van der Waals surface area contributed by atoms with Crippen LogP contribution in [0.1, 0.15) is 25.3 Å². The Balaban J connectivity index is 1.43. The first-order valence-electron chi connectivity index (χ1n) is 12.7. The molecule has 5 rings (SSSR count).